The second-order valence-corrected chi connectivity index (χ2v) is 7.19. The Morgan fingerprint density at radius 3 is 2.33 bits per heavy atom. The summed E-state index contributed by atoms with van der Waals surface area (Å²) in [5.74, 6) is 0.347. The largest absolute Gasteiger partial charge is 0.379 e. The highest BCUT2D eigenvalue weighted by Gasteiger charge is 2.42. The minimum atomic E-state index is 0. The minimum absolute atomic E-state index is 0. The number of ether oxygens (including phenoxy) is 1. The lowest BCUT2D eigenvalue weighted by Crippen LogP contribution is -2.55. The fourth-order valence-corrected chi connectivity index (χ4v) is 4.48. The summed E-state index contributed by atoms with van der Waals surface area (Å²) in [6.45, 7) is 5.70. The summed E-state index contributed by atoms with van der Waals surface area (Å²) >= 11 is 0. The zero-order valence-corrected chi connectivity index (χ0v) is 16.4. The molecule has 1 aliphatic carbocycles. The number of rotatable bonds is 4. The van der Waals surface area contributed by atoms with Crippen LogP contribution in [0, 0.1) is 0 Å². The SMILES string of the molecule is CN(C(=O)CC1(N2CCOCC2)CCCC1)C1CCNCC1.Cl.Cl. The first-order chi connectivity index (χ1) is 10.7. The Kier molecular flexibility index (Phi) is 9.31. The number of piperidine rings is 1. The predicted octanol–water partition coefficient (Wildman–Crippen LogP) is 2.08. The van der Waals surface area contributed by atoms with E-state index in [2.05, 4.69) is 10.2 Å². The Hall–Kier alpha value is -0.0700. The number of carbonyl (C=O) groups is 1. The topological polar surface area (TPSA) is 44.8 Å². The molecule has 5 nitrogen and oxygen atoms in total. The third-order valence-corrected chi connectivity index (χ3v) is 5.95. The van der Waals surface area contributed by atoms with Crippen LogP contribution in [0.3, 0.4) is 0 Å². The van der Waals surface area contributed by atoms with Gasteiger partial charge in [0.2, 0.25) is 5.91 Å². The number of hydrogen-bond acceptors (Lipinski definition) is 4. The third kappa shape index (κ3) is 4.98. The van der Waals surface area contributed by atoms with Crippen LogP contribution in [0.1, 0.15) is 44.9 Å². The summed E-state index contributed by atoms with van der Waals surface area (Å²) in [6, 6.07) is 0.428. The van der Waals surface area contributed by atoms with Crippen LogP contribution in [0.2, 0.25) is 0 Å². The highest BCUT2D eigenvalue weighted by atomic mass is 35.5. The van der Waals surface area contributed by atoms with E-state index in [1.54, 1.807) is 0 Å². The first-order valence-corrected chi connectivity index (χ1v) is 9.00. The molecule has 3 fully saturated rings. The summed E-state index contributed by atoms with van der Waals surface area (Å²) in [7, 11) is 2.01. The lowest BCUT2D eigenvalue weighted by Gasteiger charge is -2.44. The normalized spacial score (nSPS) is 24.7. The van der Waals surface area contributed by atoms with Crippen molar-refractivity contribution < 1.29 is 9.53 Å². The van der Waals surface area contributed by atoms with Crippen molar-refractivity contribution in [2.45, 2.75) is 56.5 Å². The monoisotopic (exact) mass is 381 g/mol. The maximum absolute atomic E-state index is 12.9. The molecule has 0 aromatic rings. The first-order valence-electron chi connectivity index (χ1n) is 9.00. The smallest absolute Gasteiger partial charge is 0.224 e. The molecular formula is C17H33Cl2N3O2. The molecule has 0 atom stereocenters. The summed E-state index contributed by atoms with van der Waals surface area (Å²) in [6.07, 6.45) is 7.77. The predicted molar refractivity (Wildman–Crippen MR) is 101 cm³/mol. The standard InChI is InChI=1S/C17H31N3O2.2ClH/c1-19(15-4-8-18-9-5-15)16(21)14-17(6-2-3-7-17)20-10-12-22-13-11-20;;/h15,18H,2-14H2,1H3;2*1H. The van der Waals surface area contributed by atoms with E-state index in [0.29, 0.717) is 18.4 Å². The van der Waals surface area contributed by atoms with E-state index in [1.807, 2.05) is 11.9 Å². The lowest BCUT2D eigenvalue weighted by molar-refractivity contribution is -0.137. The van der Waals surface area contributed by atoms with E-state index < -0.39 is 0 Å². The molecule has 2 heterocycles. The van der Waals surface area contributed by atoms with Gasteiger partial charge in [-0.3, -0.25) is 9.69 Å². The molecule has 2 aliphatic heterocycles. The van der Waals surface area contributed by atoms with Gasteiger partial charge in [0.15, 0.2) is 0 Å². The highest BCUT2D eigenvalue weighted by molar-refractivity contribution is 5.85. The van der Waals surface area contributed by atoms with Crippen LogP contribution in [0.25, 0.3) is 0 Å². The third-order valence-electron chi connectivity index (χ3n) is 5.95. The van der Waals surface area contributed by atoms with Gasteiger partial charge in [-0.1, -0.05) is 12.8 Å². The number of nitrogens with zero attached hydrogens (tertiary/aromatic N) is 2. The average molecular weight is 382 g/mol. The summed E-state index contributed by atoms with van der Waals surface area (Å²) in [5, 5.41) is 3.38. The van der Waals surface area contributed by atoms with E-state index in [0.717, 1.165) is 52.2 Å². The van der Waals surface area contributed by atoms with Crippen LogP contribution >= 0.6 is 24.8 Å². The minimum Gasteiger partial charge on any atom is -0.379 e. The maximum atomic E-state index is 12.9. The van der Waals surface area contributed by atoms with Crippen molar-refractivity contribution in [1.82, 2.24) is 15.1 Å². The summed E-state index contributed by atoms with van der Waals surface area (Å²) < 4.78 is 5.51. The first kappa shape index (κ1) is 22.0. The van der Waals surface area contributed by atoms with Gasteiger partial charge in [-0.25, -0.2) is 0 Å². The molecule has 0 aromatic heterocycles. The molecule has 0 radical (unpaired) electrons. The maximum Gasteiger partial charge on any atom is 0.224 e. The van der Waals surface area contributed by atoms with Crippen molar-refractivity contribution >= 4 is 30.7 Å². The van der Waals surface area contributed by atoms with Crippen molar-refractivity contribution in [3.05, 3.63) is 0 Å². The van der Waals surface area contributed by atoms with Gasteiger partial charge in [0.05, 0.1) is 13.2 Å². The second kappa shape index (κ2) is 10.2. The van der Waals surface area contributed by atoms with Crippen molar-refractivity contribution in [3.63, 3.8) is 0 Å². The van der Waals surface area contributed by atoms with Gasteiger partial charge in [-0.2, -0.15) is 0 Å². The van der Waals surface area contributed by atoms with Gasteiger partial charge in [-0.15, -0.1) is 24.8 Å². The Balaban J connectivity index is 0.00000144. The van der Waals surface area contributed by atoms with Gasteiger partial charge >= 0.3 is 0 Å². The quantitative estimate of drug-likeness (QED) is 0.809. The molecule has 0 bridgehead atoms. The molecule has 1 amide bonds. The summed E-state index contributed by atoms with van der Waals surface area (Å²) in [5.41, 5.74) is 0.113. The number of amides is 1. The van der Waals surface area contributed by atoms with Crippen molar-refractivity contribution in [3.8, 4) is 0 Å². The average Bonchev–Trinajstić information content (AvgIpc) is 3.05. The number of nitrogens with one attached hydrogen (secondary N) is 1. The molecular weight excluding hydrogens is 349 g/mol. The van der Waals surface area contributed by atoms with Crippen LogP contribution in [0.4, 0.5) is 0 Å². The Bertz CT molecular complexity index is 380. The molecule has 1 saturated carbocycles. The van der Waals surface area contributed by atoms with Gasteiger partial charge in [0.1, 0.15) is 0 Å². The molecule has 0 unspecified atom stereocenters. The Morgan fingerprint density at radius 2 is 1.75 bits per heavy atom. The van der Waals surface area contributed by atoms with E-state index in [1.165, 1.54) is 25.7 Å². The highest BCUT2D eigenvalue weighted by Crippen LogP contribution is 2.39. The fourth-order valence-electron chi connectivity index (χ4n) is 4.48. The van der Waals surface area contributed by atoms with Crippen LogP contribution in [-0.4, -0.2) is 73.7 Å². The van der Waals surface area contributed by atoms with Gasteiger partial charge in [-0.05, 0) is 38.8 Å². The Labute approximate surface area is 158 Å². The fraction of sp³-hybridized carbons (Fsp3) is 0.941. The molecule has 1 N–H and O–H groups in total. The van der Waals surface area contributed by atoms with Crippen molar-refractivity contribution in [2.75, 3.05) is 46.4 Å². The lowest BCUT2D eigenvalue weighted by atomic mass is 9.89. The molecule has 0 aromatic carbocycles. The summed E-state index contributed by atoms with van der Waals surface area (Å²) in [4.78, 5) is 17.5. The molecule has 0 spiro atoms. The molecule has 142 valence electrons. The molecule has 3 aliphatic rings. The van der Waals surface area contributed by atoms with Gasteiger partial charge in [0.25, 0.3) is 0 Å². The molecule has 24 heavy (non-hydrogen) atoms. The van der Waals surface area contributed by atoms with Crippen molar-refractivity contribution in [1.29, 1.82) is 0 Å². The zero-order chi connectivity index (χ0) is 15.4. The van der Waals surface area contributed by atoms with E-state index in [4.69, 9.17) is 4.74 Å². The van der Waals surface area contributed by atoms with E-state index in [-0.39, 0.29) is 30.4 Å². The molecule has 3 rings (SSSR count). The number of halogens is 2. The van der Waals surface area contributed by atoms with Gasteiger partial charge in [0, 0.05) is 38.1 Å². The second-order valence-electron chi connectivity index (χ2n) is 7.19. The molecule has 2 saturated heterocycles. The number of hydrogen-bond donors (Lipinski definition) is 1. The van der Waals surface area contributed by atoms with E-state index >= 15 is 0 Å². The van der Waals surface area contributed by atoms with Crippen molar-refractivity contribution in [2.24, 2.45) is 0 Å². The number of carbonyl (C=O) groups excluding carboxylic acids is 1. The van der Waals surface area contributed by atoms with Gasteiger partial charge < -0.3 is 15.0 Å². The number of morpholine rings is 1. The van der Waals surface area contributed by atoms with Crippen LogP contribution in [0.5, 0.6) is 0 Å². The van der Waals surface area contributed by atoms with Crippen LogP contribution < -0.4 is 5.32 Å². The zero-order valence-electron chi connectivity index (χ0n) is 14.8. The van der Waals surface area contributed by atoms with Crippen LogP contribution in [-0.2, 0) is 9.53 Å². The Morgan fingerprint density at radius 1 is 1.17 bits per heavy atom. The molecule has 7 heteroatoms. The van der Waals surface area contributed by atoms with Crippen LogP contribution in [0.15, 0.2) is 0 Å². The van der Waals surface area contributed by atoms with E-state index in [9.17, 15) is 4.79 Å².